The predicted octanol–water partition coefficient (Wildman–Crippen LogP) is 5.29. The van der Waals surface area contributed by atoms with E-state index in [-0.39, 0.29) is 23.0 Å². The molecule has 0 radical (unpaired) electrons. The number of aliphatic imine (C=N–C) groups is 1. The van der Waals surface area contributed by atoms with Crippen molar-refractivity contribution >= 4 is 34.1 Å². The van der Waals surface area contributed by atoms with Crippen LogP contribution in [0.15, 0.2) is 76.5 Å². The van der Waals surface area contributed by atoms with Crippen LogP contribution in [0.3, 0.4) is 0 Å². The summed E-state index contributed by atoms with van der Waals surface area (Å²) in [5.74, 6) is -1.14. The summed E-state index contributed by atoms with van der Waals surface area (Å²) in [4.78, 5) is 33.3. The highest BCUT2D eigenvalue weighted by Gasteiger charge is 2.21. The number of benzene rings is 2. The average molecular weight is 495 g/mol. The molecule has 32 heavy (non-hydrogen) atoms. The molecule has 0 saturated heterocycles. The van der Waals surface area contributed by atoms with Crippen LogP contribution in [-0.2, 0) is 11.2 Å². The smallest absolute Gasteiger partial charge is 0.345 e. The minimum Gasteiger partial charge on any atom is -0.422 e. The lowest BCUT2D eigenvalue weighted by Gasteiger charge is -2.15. The van der Waals surface area contributed by atoms with Gasteiger partial charge in [0.15, 0.2) is 11.5 Å². The molecule has 0 aliphatic heterocycles. The molecule has 3 rings (SSSR count). The van der Waals surface area contributed by atoms with Gasteiger partial charge in [-0.3, -0.25) is 14.8 Å². The Morgan fingerprint density at radius 3 is 2.56 bits per heavy atom. The molecule has 0 spiro atoms. The highest BCUT2D eigenvalue weighted by Crippen LogP contribution is 2.35. The lowest BCUT2D eigenvalue weighted by molar-refractivity contribution is -0.137. The standard InChI is InChI=1S/C25H23BrN2O4/c1-17(2)24(29)32-23-20(16-28-12-10-18-7-4-3-5-8-18)13-21(26)14-22(23)31-25(30)19-9-6-11-27-15-19/h3-9,11,13-17H,10,12H2,1-2H3. The molecule has 3 aromatic rings. The Morgan fingerprint density at radius 1 is 1.09 bits per heavy atom. The van der Waals surface area contributed by atoms with Gasteiger partial charge in [0.1, 0.15) is 0 Å². The molecule has 0 N–H and O–H groups in total. The van der Waals surface area contributed by atoms with Crippen molar-refractivity contribution in [3.05, 3.63) is 88.2 Å². The Labute approximate surface area is 195 Å². The largest absolute Gasteiger partial charge is 0.422 e. The van der Waals surface area contributed by atoms with Gasteiger partial charge in [-0.1, -0.05) is 60.1 Å². The van der Waals surface area contributed by atoms with Gasteiger partial charge in [0, 0.05) is 35.2 Å². The number of carbonyl (C=O) groups is 2. The second-order valence-corrected chi connectivity index (χ2v) is 8.22. The van der Waals surface area contributed by atoms with Gasteiger partial charge in [-0.15, -0.1) is 0 Å². The first-order chi connectivity index (χ1) is 15.4. The molecule has 164 valence electrons. The topological polar surface area (TPSA) is 77.9 Å². The van der Waals surface area contributed by atoms with E-state index in [0.717, 1.165) is 6.42 Å². The first kappa shape index (κ1) is 23.3. The third kappa shape index (κ3) is 6.59. The van der Waals surface area contributed by atoms with Crippen LogP contribution < -0.4 is 9.47 Å². The average Bonchev–Trinajstić information content (AvgIpc) is 2.79. The van der Waals surface area contributed by atoms with Crippen molar-refractivity contribution in [2.75, 3.05) is 6.54 Å². The number of esters is 2. The lowest BCUT2D eigenvalue weighted by atomic mass is 10.1. The van der Waals surface area contributed by atoms with Crippen molar-refractivity contribution in [3.63, 3.8) is 0 Å². The molecule has 7 heteroatoms. The van der Waals surface area contributed by atoms with Crippen LogP contribution in [0, 0.1) is 5.92 Å². The maximum absolute atomic E-state index is 12.6. The maximum atomic E-state index is 12.6. The fourth-order valence-electron chi connectivity index (χ4n) is 2.73. The van der Waals surface area contributed by atoms with Gasteiger partial charge >= 0.3 is 11.9 Å². The summed E-state index contributed by atoms with van der Waals surface area (Å²) in [6.07, 6.45) is 5.37. The van der Waals surface area contributed by atoms with E-state index >= 15 is 0 Å². The molecule has 6 nitrogen and oxygen atoms in total. The van der Waals surface area contributed by atoms with Crippen molar-refractivity contribution in [2.45, 2.75) is 20.3 Å². The summed E-state index contributed by atoms with van der Waals surface area (Å²) in [5, 5.41) is 0. The Balaban J connectivity index is 1.87. The number of halogens is 1. The Hall–Kier alpha value is -3.32. The Morgan fingerprint density at radius 2 is 1.88 bits per heavy atom. The molecule has 0 aliphatic carbocycles. The normalized spacial score (nSPS) is 11.0. The van der Waals surface area contributed by atoms with Crippen molar-refractivity contribution in [1.82, 2.24) is 4.98 Å². The van der Waals surface area contributed by atoms with Crippen LogP contribution in [0.5, 0.6) is 11.5 Å². The zero-order valence-corrected chi connectivity index (χ0v) is 19.4. The van der Waals surface area contributed by atoms with E-state index in [1.165, 1.54) is 11.8 Å². The zero-order valence-electron chi connectivity index (χ0n) is 17.8. The molecule has 0 aliphatic rings. The fourth-order valence-corrected chi connectivity index (χ4v) is 3.19. The predicted molar refractivity (Wildman–Crippen MR) is 126 cm³/mol. The van der Waals surface area contributed by atoms with Crippen LogP contribution in [0.25, 0.3) is 0 Å². The number of hydrogen-bond donors (Lipinski definition) is 0. The van der Waals surface area contributed by atoms with E-state index in [1.54, 1.807) is 50.5 Å². The van der Waals surface area contributed by atoms with Gasteiger partial charge < -0.3 is 9.47 Å². The van der Waals surface area contributed by atoms with Gasteiger partial charge in [-0.05, 0) is 36.2 Å². The second kappa shape index (κ2) is 11.3. The molecule has 0 saturated carbocycles. The summed E-state index contributed by atoms with van der Waals surface area (Å²) in [6.45, 7) is 4.02. The molecule has 0 amide bonds. The minimum atomic E-state index is -0.606. The van der Waals surface area contributed by atoms with Gasteiger partial charge in [-0.25, -0.2) is 4.79 Å². The van der Waals surface area contributed by atoms with E-state index in [0.29, 0.717) is 16.6 Å². The summed E-state index contributed by atoms with van der Waals surface area (Å²) in [7, 11) is 0. The SMILES string of the molecule is CC(C)C(=O)Oc1c(C=NCCc2ccccc2)cc(Br)cc1OC(=O)c1cccnc1. The Bertz CT molecular complexity index is 1100. The molecule has 0 atom stereocenters. The number of rotatable bonds is 8. The van der Waals surface area contributed by atoms with Crippen molar-refractivity contribution < 1.29 is 19.1 Å². The summed E-state index contributed by atoms with van der Waals surface area (Å²) in [5.41, 5.74) is 1.98. The monoisotopic (exact) mass is 494 g/mol. The van der Waals surface area contributed by atoms with Crippen molar-refractivity contribution in [2.24, 2.45) is 10.9 Å². The Kier molecular flexibility index (Phi) is 8.27. The zero-order chi connectivity index (χ0) is 22.9. The molecular formula is C25H23BrN2O4. The van der Waals surface area contributed by atoms with Crippen LogP contribution in [0.1, 0.15) is 35.3 Å². The van der Waals surface area contributed by atoms with Crippen LogP contribution in [-0.4, -0.2) is 29.7 Å². The maximum Gasteiger partial charge on any atom is 0.345 e. The fraction of sp³-hybridized carbons (Fsp3) is 0.200. The van der Waals surface area contributed by atoms with Crippen molar-refractivity contribution in [1.29, 1.82) is 0 Å². The van der Waals surface area contributed by atoms with E-state index in [9.17, 15) is 9.59 Å². The van der Waals surface area contributed by atoms with Gasteiger partial charge in [0.2, 0.25) is 0 Å². The van der Waals surface area contributed by atoms with Crippen molar-refractivity contribution in [3.8, 4) is 11.5 Å². The van der Waals surface area contributed by atoms with Gasteiger partial charge in [0.05, 0.1) is 11.5 Å². The molecule has 0 fully saturated rings. The quantitative estimate of drug-likeness (QED) is 0.241. The van der Waals surface area contributed by atoms with E-state index < -0.39 is 11.9 Å². The molecular weight excluding hydrogens is 472 g/mol. The van der Waals surface area contributed by atoms with Gasteiger partial charge in [-0.2, -0.15) is 0 Å². The molecule has 0 unspecified atom stereocenters. The first-order valence-electron chi connectivity index (χ1n) is 10.1. The van der Waals surface area contributed by atoms with E-state index in [2.05, 4.69) is 25.9 Å². The number of carbonyl (C=O) groups excluding carboxylic acids is 2. The van der Waals surface area contributed by atoms with E-state index in [1.807, 2.05) is 30.3 Å². The lowest BCUT2D eigenvalue weighted by Crippen LogP contribution is -2.17. The molecule has 0 bridgehead atoms. The minimum absolute atomic E-state index is 0.117. The first-order valence-corrected chi connectivity index (χ1v) is 10.9. The highest BCUT2D eigenvalue weighted by molar-refractivity contribution is 9.10. The van der Waals surface area contributed by atoms with Crippen LogP contribution in [0.4, 0.5) is 0 Å². The highest BCUT2D eigenvalue weighted by atomic mass is 79.9. The number of nitrogens with zero attached hydrogens (tertiary/aromatic N) is 2. The molecule has 2 aromatic carbocycles. The van der Waals surface area contributed by atoms with Gasteiger partial charge in [0.25, 0.3) is 0 Å². The third-order valence-electron chi connectivity index (χ3n) is 4.43. The number of ether oxygens (including phenoxy) is 2. The van der Waals surface area contributed by atoms with Crippen LogP contribution >= 0.6 is 15.9 Å². The van der Waals surface area contributed by atoms with E-state index in [4.69, 9.17) is 9.47 Å². The third-order valence-corrected chi connectivity index (χ3v) is 4.88. The number of pyridine rings is 1. The number of hydrogen-bond acceptors (Lipinski definition) is 6. The summed E-state index contributed by atoms with van der Waals surface area (Å²) in [6, 6.07) is 16.6. The second-order valence-electron chi connectivity index (χ2n) is 7.30. The molecule has 1 heterocycles. The molecule has 1 aromatic heterocycles. The summed E-state index contributed by atoms with van der Waals surface area (Å²) < 4.78 is 11.8. The number of aromatic nitrogens is 1. The van der Waals surface area contributed by atoms with Crippen LogP contribution in [0.2, 0.25) is 0 Å². The summed E-state index contributed by atoms with van der Waals surface area (Å²) >= 11 is 3.43.